The lowest BCUT2D eigenvalue weighted by Gasteiger charge is -2.31. The Kier molecular flexibility index (Phi) is 4.11. The summed E-state index contributed by atoms with van der Waals surface area (Å²) in [5, 5.41) is 18.9. The summed E-state index contributed by atoms with van der Waals surface area (Å²) in [6, 6.07) is 4.01. The topological polar surface area (TPSA) is 64.0 Å². The Morgan fingerprint density at radius 3 is 2.52 bits per heavy atom. The highest BCUT2D eigenvalue weighted by Gasteiger charge is 2.25. The van der Waals surface area contributed by atoms with E-state index in [1.54, 1.807) is 11.3 Å². The van der Waals surface area contributed by atoms with Crippen LogP contribution in [0.15, 0.2) is 12.1 Å². The maximum Gasteiger partial charge on any atom is 0.233 e. The number of nitrogens with zero attached hydrogens (tertiary/aromatic N) is 5. The number of piperidine rings is 1. The van der Waals surface area contributed by atoms with Crippen molar-refractivity contribution in [3.05, 3.63) is 22.8 Å². The monoisotopic (exact) mass is 331 g/mol. The molecule has 7 heteroatoms. The van der Waals surface area contributed by atoms with E-state index >= 15 is 0 Å². The van der Waals surface area contributed by atoms with Gasteiger partial charge in [-0.25, -0.2) is 0 Å². The molecule has 2 aromatic heterocycles. The molecule has 0 aromatic carbocycles. The van der Waals surface area contributed by atoms with Crippen molar-refractivity contribution in [1.82, 2.24) is 20.4 Å². The van der Waals surface area contributed by atoms with E-state index in [9.17, 15) is 0 Å². The van der Waals surface area contributed by atoms with Gasteiger partial charge in [0.25, 0.3) is 0 Å². The third-order valence-corrected chi connectivity index (χ3v) is 5.42. The molecule has 1 aliphatic heterocycles. The summed E-state index contributed by atoms with van der Waals surface area (Å²) in [4.78, 5) is 2.32. The van der Waals surface area contributed by atoms with Crippen LogP contribution < -0.4 is 9.64 Å². The van der Waals surface area contributed by atoms with Crippen molar-refractivity contribution in [2.24, 2.45) is 5.92 Å². The maximum absolute atomic E-state index is 5.83. The average molecular weight is 331 g/mol. The second-order valence-electron chi connectivity index (χ2n) is 6.42. The van der Waals surface area contributed by atoms with Gasteiger partial charge in [-0.05, 0) is 44.6 Å². The summed E-state index contributed by atoms with van der Waals surface area (Å²) >= 11 is 1.67. The first-order valence-corrected chi connectivity index (χ1v) is 9.11. The third kappa shape index (κ3) is 3.60. The van der Waals surface area contributed by atoms with Gasteiger partial charge in [0.2, 0.25) is 11.0 Å². The predicted octanol–water partition coefficient (Wildman–Crippen LogP) is 2.81. The first-order chi connectivity index (χ1) is 11.3. The van der Waals surface area contributed by atoms with Crippen molar-refractivity contribution in [2.75, 3.05) is 24.6 Å². The van der Waals surface area contributed by atoms with Gasteiger partial charge in [0.05, 0.1) is 12.3 Å². The number of rotatable bonds is 5. The molecule has 2 fully saturated rings. The number of anilines is 1. The van der Waals surface area contributed by atoms with E-state index < -0.39 is 0 Å². The highest BCUT2D eigenvalue weighted by atomic mass is 32.1. The lowest BCUT2D eigenvalue weighted by atomic mass is 9.98. The molecule has 0 amide bonds. The minimum atomic E-state index is 0.574. The molecule has 1 saturated carbocycles. The number of ether oxygens (including phenoxy) is 1. The molecule has 122 valence electrons. The van der Waals surface area contributed by atoms with E-state index in [4.69, 9.17) is 4.74 Å². The first kappa shape index (κ1) is 14.8. The van der Waals surface area contributed by atoms with Crippen LogP contribution in [0, 0.1) is 12.8 Å². The molecule has 6 nitrogen and oxygen atoms in total. The van der Waals surface area contributed by atoms with Crippen LogP contribution in [0.5, 0.6) is 5.88 Å². The molecule has 0 spiro atoms. The molecule has 23 heavy (non-hydrogen) atoms. The number of aromatic nitrogens is 4. The Morgan fingerprint density at radius 2 is 1.91 bits per heavy atom. The summed E-state index contributed by atoms with van der Waals surface area (Å²) in [6.45, 7) is 4.77. The van der Waals surface area contributed by atoms with Crippen molar-refractivity contribution in [3.63, 3.8) is 0 Å². The fourth-order valence-electron chi connectivity index (χ4n) is 2.91. The Morgan fingerprint density at radius 1 is 1.09 bits per heavy atom. The van der Waals surface area contributed by atoms with Gasteiger partial charge in [0, 0.05) is 25.1 Å². The Bertz CT molecular complexity index is 647. The normalized spacial score (nSPS) is 19.1. The van der Waals surface area contributed by atoms with Crippen molar-refractivity contribution in [3.8, 4) is 5.88 Å². The van der Waals surface area contributed by atoms with E-state index in [2.05, 4.69) is 31.4 Å². The van der Waals surface area contributed by atoms with Gasteiger partial charge in [-0.2, -0.15) is 5.10 Å². The van der Waals surface area contributed by atoms with Crippen LogP contribution >= 0.6 is 11.3 Å². The van der Waals surface area contributed by atoms with Crippen LogP contribution in [0.25, 0.3) is 0 Å². The van der Waals surface area contributed by atoms with E-state index in [1.807, 2.05) is 13.0 Å². The summed E-state index contributed by atoms with van der Waals surface area (Å²) in [6.07, 6.45) is 4.74. The van der Waals surface area contributed by atoms with Crippen LogP contribution in [0.3, 0.4) is 0 Å². The molecular formula is C16H21N5OS. The van der Waals surface area contributed by atoms with Crippen LogP contribution in [0.2, 0.25) is 0 Å². The highest BCUT2D eigenvalue weighted by Crippen LogP contribution is 2.38. The van der Waals surface area contributed by atoms with Crippen LogP contribution in [0.1, 0.15) is 42.3 Å². The molecule has 2 aromatic rings. The number of aryl methyl sites for hydroxylation is 1. The molecule has 0 radical (unpaired) electrons. The lowest BCUT2D eigenvalue weighted by molar-refractivity contribution is 0.214. The van der Waals surface area contributed by atoms with Crippen LogP contribution in [-0.2, 0) is 0 Å². The van der Waals surface area contributed by atoms with Gasteiger partial charge >= 0.3 is 0 Å². The van der Waals surface area contributed by atoms with Crippen molar-refractivity contribution in [2.45, 2.75) is 38.5 Å². The minimum Gasteiger partial charge on any atom is -0.476 e. The second-order valence-corrected chi connectivity index (χ2v) is 7.58. The van der Waals surface area contributed by atoms with Crippen LogP contribution in [-0.4, -0.2) is 40.1 Å². The van der Waals surface area contributed by atoms with Gasteiger partial charge in [-0.1, -0.05) is 11.3 Å². The zero-order valence-corrected chi connectivity index (χ0v) is 14.1. The van der Waals surface area contributed by atoms with Crippen molar-refractivity contribution >= 4 is 16.5 Å². The second kappa shape index (κ2) is 6.39. The van der Waals surface area contributed by atoms with E-state index in [1.165, 1.54) is 12.8 Å². The molecule has 0 bridgehead atoms. The minimum absolute atomic E-state index is 0.574. The molecule has 3 heterocycles. The molecular weight excluding hydrogens is 310 g/mol. The molecule has 0 unspecified atom stereocenters. The Balaban J connectivity index is 1.24. The summed E-state index contributed by atoms with van der Waals surface area (Å²) in [7, 11) is 0. The SMILES string of the molecule is Cc1nnc(N2CCC(COc3ccc(C4CC4)nn3)CC2)s1. The zero-order chi connectivity index (χ0) is 15.6. The van der Waals surface area contributed by atoms with Crippen molar-refractivity contribution in [1.29, 1.82) is 0 Å². The van der Waals surface area contributed by atoms with Gasteiger partial charge in [-0.3, -0.25) is 0 Å². The molecule has 2 aliphatic rings. The first-order valence-electron chi connectivity index (χ1n) is 8.29. The largest absolute Gasteiger partial charge is 0.476 e. The zero-order valence-electron chi connectivity index (χ0n) is 13.3. The van der Waals surface area contributed by atoms with E-state index in [-0.39, 0.29) is 0 Å². The van der Waals surface area contributed by atoms with E-state index in [0.29, 0.717) is 17.7 Å². The van der Waals surface area contributed by atoms with Gasteiger partial charge < -0.3 is 9.64 Å². The average Bonchev–Trinajstić information content (AvgIpc) is 3.35. The lowest BCUT2D eigenvalue weighted by Crippen LogP contribution is -2.35. The van der Waals surface area contributed by atoms with E-state index in [0.717, 1.165) is 48.4 Å². The van der Waals surface area contributed by atoms with Gasteiger partial charge in [0.15, 0.2) is 0 Å². The number of hydrogen-bond donors (Lipinski definition) is 0. The van der Waals surface area contributed by atoms with Gasteiger partial charge in [-0.15, -0.1) is 15.3 Å². The molecule has 0 N–H and O–H groups in total. The number of hydrogen-bond acceptors (Lipinski definition) is 7. The van der Waals surface area contributed by atoms with Crippen LogP contribution in [0.4, 0.5) is 5.13 Å². The third-order valence-electron chi connectivity index (χ3n) is 4.52. The molecule has 1 aliphatic carbocycles. The maximum atomic E-state index is 5.83. The van der Waals surface area contributed by atoms with Gasteiger partial charge in [0.1, 0.15) is 5.01 Å². The smallest absolute Gasteiger partial charge is 0.233 e. The Hall–Kier alpha value is -1.76. The summed E-state index contributed by atoms with van der Waals surface area (Å²) in [5.74, 6) is 1.87. The standard InChI is InChI=1S/C16H21N5OS/c1-11-17-20-16(23-11)21-8-6-12(7-9-21)10-22-15-5-4-14(18-19-15)13-2-3-13/h4-5,12-13H,2-3,6-10H2,1H3. The fraction of sp³-hybridized carbons (Fsp3) is 0.625. The molecule has 1 saturated heterocycles. The fourth-order valence-corrected chi connectivity index (χ4v) is 3.65. The molecule has 0 atom stereocenters. The summed E-state index contributed by atoms with van der Waals surface area (Å²) in [5.41, 5.74) is 1.11. The molecule has 4 rings (SSSR count). The van der Waals surface area contributed by atoms with Crippen molar-refractivity contribution < 1.29 is 4.74 Å². The Labute approximate surface area is 139 Å². The predicted molar refractivity (Wildman–Crippen MR) is 89.1 cm³/mol. The summed E-state index contributed by atoms with van der Waals surface area (Å²) < 4.78 is 5.83. The quantitative estimate of drug-likeness (QED) is 0.839. The highest BCUT2D eigenvalue weighted by molar-refractivity contribution is 7.15.